The number of nitrogens with one attached hydrogen (secondary N) is 1. The number of aryl methyl sites for hydroxylation is 1. The molecule has 3 aromatic rings. The summed E-state index contributed by atoms with van der Waals surface area (Å²) in [5.74, 6) is -0.104. The second-order valence-corrected chi connectivity index (χ2v) is 10.7. The Bertz CT molecular complexity index is 1190. The second-order valence-electron chi connectivity index (χ2n) is 9.66. The first-order valence-corrected chi connectivity index (χ1v) is 12.7. The number of aliphatic hydroxyl groups is 1. The molecule has 0 saturated heterocycles. The molecule has 0 spiro atoms. The molecule has 0 amide bonds. The van der Waals surface area contributed by atoms with E-state index in [1.807, 2.05) is 32.9 Å². The molecule has 2 aromatic heterocycles. The Morgan fingerprint density at radius 3 is 2.63 bits per heavy atom. The average molecular weight is 497 g/mol. The van der Waals surface area contributed by atoms with Crippen molar-refractivity contribution in [3.63, 3.8) is 0 Å². The van der Waals surface area contributed by atoms with Crippen molar-refractivity contribution < 1.29 is 19.7 Å². The van der Waals surface area contributed by atoms with Crippen molar-refractivity contribution >= 4 is 28.9 Å². The number of ether oxygens (including phenoxy) is 1. The van der Waals surface area contributed by atoms with Crippen LogP contribution >= 0.6 is 11.3 Å². The molecule has 8 nitrogen and oxygen atoms in total. The molecule has 1 unspecified atom stereocenters. The molecule has 1 aliphatic carbocycles. The standard InChI is InChI=1S/C26H32N4O4S/c1-15(2)34-22-9-10-27-25(30-22)29-20-12-16(3)11-18(13-20)21-14-28-24(35-21)26(4,33)19-7-5-17(6-8-19)23(31)32/h9-15,17,19,33H,5-8H2,1-4H3,(H,31,32)(H,27,29,30). The highest BCUT2D eigenvalue weighted by atomic mass is 32.1. The van der Waals surface area contributed by atoms with Gasteiger partial charge in [0.2, 0.25) is 11.8 Å². The molecule has 0 bridgehead atoms. The molecule has 0 radical (unpaired) electrons. The normalized spacial score (nSPS) is 19.8. The maximum Gasteiger partial charge on any atom is 0.306 e. The van der Waals surface area contributed by atoms with Gasteiger partial charge in [0.25, 0.3) is 0 Å². The number of hydrogen-bond acceptors (Lipinski definition) is 8. The van der Waals surface area contributed by atoms with E-state index in [-0.39, 0.29) is 17.9 Å². The third kappa shape index (κ3) is 5.97. The van der Waals surface area contributed by atoms with E-state index < -0.39 is 11.6 Å². The van der Waals surface area contributed by atoms with Gasteiger partial charge < -0.3 is 20.3 Å². The number of hydrogen-bond donors (Lipinski definition) is 3. The van der Waals surface area contributed by atoms with Crippen LogP contribution in [0.4, 0.5) is 11.6 Å². The van der Waals surface area contributed by atoms with Gasteiger partial charge in [0.1, 0.15) is 10.6 Å². The molecule has 1 saturated carbocycles. The van der Waals surface area contributed by atoms with E-state index in [2.05, 4.69) is 26.3 Å². The monoisotopic (exact) mass is 496 g/mol. The maximum atomic E-state index is 11.3. The minimum atomic E-state index is -1.10. The van der Waals surface area contributed by atoms with Crippen molar-refractivity contribution in [1.82, 2.24) is 15.0 Å². The Labute approximate surface area is 209 Å². The van der Waals surface area contributed by atoms with Gasteiger partial charge >= 0.3 is 5.97 Å². The summed E-state index contributed by atoms with van der Waals surface area (Å²) in [6, 6.07) is 7.83. The number of nitrogens with zero attached hydrogens (tertiary/aromatic N) is 3. The van der Waals surface area contributed by atoms with Crippen LogP contribution in [0.25, 0.3) is 10.4 Å². The first-order chi connectivity index (χ1) is 16.6. The molecule has 1 atom stereocenters. The molecule has 1 aliphatic rings. The third-order valence-corrected chi connectivity index (χ3v) is 7.69. The first-order valence-electron chi connectivity index (χ1n) is 11.9. The van der Waals surface area contributed by atoms with Gasteiger partial charge in [-0.15, -0.1) is 11.3 Å². The molecule has 3 N–H and O–H groups in total. The Kier molecular flexibility index (Phi) is 7.37. The predicted octanol–water partition coefficient (Wildman–Crippen LogP) is 5.54. The van der Waals surface area contributed by atoms with Crippen molar-refractivity contribution in [1.29, 1.82) is 0 Å². The zero-order chi connectivity index (χ0) is 25.2. The van der Waals surface area contributed by atoms with Crippen LogP contribution in [-0.4, -0.2) is 37.2 Å². The fraction of sp³-hybridized carbons (Fsp3) is 0.462. The minimum Gasteiger partial charge on any atom is -0.481 e. The topological polar surface area (TPSA) is 117 Å². The van der Waals surface area contributed by atoms with Gasteiger partial charge in [-0.3, -0.25) is 4.79 Å². The second kappa shape index (κ2) is 10.3. The van der Waals surface area contributed by atoms with Crippen molar-refractivity contribution in [3.8, 4) is 16.3 Å². The van der Waals surface area contributed by atoms with E-state index in [1.54, 1.807) is 25.4 Å². The summed E-state index contributed by atoms with van der Waals surface area (Å²) in [5, 5.41) is 24.5. The molecule has 186 valence electrons. The van der Waals surface area contributed by atoms with Gasteiger partial charge in [-0.25, -0.2) is 9.97 Å². The van der Waals surface area contributed by atoms with Crippen LogP contribution in [0.2, 0.25) is 0 Å². The lowest BCUT2D eigenvalue weighted by atomic mass is 9.74. The average Bonchev–Trinajstić information content (AvgIpc) is 3.30. The molecular weight excluding hydrogens is 464 g/mol. The zero-order valence-electron chi connectivity index (χ0n) is 20.5. The summed E-state index contributed by atoms with van der Waals surface area (Å²) in [6.45, 7) is 7.72. The van der Waals surface area contributed by atoms with Crippen LogP contribution in [0.3, 0.4) is 0 Å². The molecule has 2 heterocycles. The Hall–Kier alpha value is -3.04. The number of anilines is 2. The Morgan fingerprint density at radius 2 is 1.94 bits per heavy atom. The summed E-state index contributed by atoms with van der Waals surface area (Å²) in [5.41, 5.74) is 1.79. The molecule has 9 heteroatoms. The minimum absolute atomic E-state index is 0.00989. The lowest BCUT2D eigenvalue weighted by Gasteiger charge is -2.35. The van der Waals surface area contributed by atoms with E-state index in [0.717, 1.165) is 21.7 Å². The van der Waals surface area contributed by atoms with Crippen molar-refractivity contribution in [2.24, 2.45) is 11.8 Å². The number of aliphatic carboxylic acids is 1. The number of thiazole rings is 1. The largest absolute Gasteiger partial charge is 0.481 e. The predicted molar refractivity (Wildman–Crippen MR) is 136 cm³/mol. The van der Waals surface area contributed by atoms with E-state index in [4.69, 9.17) is 4.74 Å². The van der Waals surface area contributed by atoms with Gasteiger partial charge in [0.05, 0.1) is 16.9 Å². The van der Waals surface area contributed by atoms with Crippen LogP contribution in [0.15, 0.2) is 36.7 Å². The summed E-state index contributed by atoms with van der Waals surface area (Å²) in [6.07, 6.45) is 6.01. The molecule has 0 aliphatic heterocycles. The molecule has 4 rings (SSSR count). The van der Waals surface area contributed by atoms with Crippen molar-refractivity contribution in [2.75, 3.05) is 5.32 Å². The van der Waals surface area contributed by atoms with Crippen LogP contribution in [0.5, 0.6) is 5.88 Å². The quantitative estimate of drug-likeness (QED) is 0.372. The van der Waals surface area contributed by atoms with Crippen LogP contribution in [0, 0.1) is 18.8 Å². The fourth-order valence-electron chi connectivity index (χ4n) is 4.55. The van der Waals surface area contributed by atoms with E-state index in [1.165, 1.54) is 11.3 Å². The van der Waals surface area contributed by atoms with Gasteiger partial charge in [0.15, 0.2) is 0 Å². The van der Waals surface area contributed by atoms with Crippen LogP contribution < -0.4 is 10.1 Å². The number of aromatic nitrogens is 3. The summed E-state index contributed by atoms with van der Waals surface area (Å²) >= 11 is 1.47. The Morgan fingerprint density at radius 1 is 1.20 bits per heavy atom. The summed E-state index contributed by atoms with van der Waals surface area (Å²) in [4.78, 5) is 25.5. The lowest BCUT2D eigenvalue weighted by molar-refractivity contribution is -0.144. The molecule has 35 heavy (non-hydrogen) atoms. The number of rotatable bonds is 8. The van der Waals surface area contributed by atoms with Gasteiger partial charge in [0, 0.05) is 24.1 Å². The lowest BCUT2D eigenvalue weighted by Crippen LogP contribution is -2.35. The Balaban J connectivity index is 1.52. The van der Waals surface area contributed by atoms with Gasteiger partial charge in [-0.05, 0) is 82.6 Å². The number of benzene rings is 1. The molecular formula is C26H32N4O4S. The van der Waals surface area contributed by atoms with Gasteiger partial charge in [-0.2, -0.15) is 4.98 Å². The number of carboxylic acids is 1. The van der Waals surface area contributed by atoms with E-state index in [9.17, 15) is 15.0 Å². The summed E-state index contributed by atoms with van der Waals surface area (Å²) < 4.78 is 5.66. The van der Waals surface area contributed by atoms with Gasteiger partial charge in [-0.1, -0.05) is 6.07 Å². The first kappa shape index (κ1) is 25.1. The molecule has 1 aromatic carbocycles. The number of carbonyl (C=O) groups is 1. The highest BCUT2D eigenvalue weighted by Gasteiger charge is 2.40. The van der Waals surface area contributed by atoms with Crippen molar-refractivity contribution in [3.05, 3.63) is 47.2 Å². The third-order valence-electron chi connectivity index (χ3n) is 6.41. The van der Waals surface area contributed by atoms with E-state index >= 15 is 0 Å². The SMILES string of the molecule is Cc1cc(Nc2nccc(OC(C)C)n2)cc(-c2cnc(C(C)(O)C3CCC(C(=O)O)CC3)s2)c1. The fourth-order valence-corrected chi connectivity index (χ4v) is 5.58. The highest BCUT2D eigenvalue weighted by molar-refractivity contribution is 7.15. The maximum absolute atomic E-state index is 11.3. The van der Waals surface area contributed by atoms with E-state index in [0.29, 0.717) is 42.5 Å². The smallest absolute Gasteiger partial charge is 0.306 e. The zero-order valence-corrected chi connectivity index (χ0v) is 21.3. The number of carboxylic acid groups (broad SMARTS) is 1. The molecule has 1 fully saturated rings. The van der Waals surface area contributed by atoms with Crippen molar-refractivity contribution in [2.45, 2.75) is 65.1 Å². The van der Waals surface area contributed by atoms with Crippen LogP contribution in [-0.2, 0) is 10.4 Å². The highest BCUT2D eigenvalue weighted by Crippen LogP contribution is 2.43. The summed E-state index contributed by atoms with van der Waals surface area (Å²) in [7, 11) is 0. The van der Waals surface area contributed by atoms with Crippen LogP contribution in [0.1, 0.15) is 57.0 Å².